The molecule has 0 amide bonds. The van der Waals surface area contributed by atoms with Crippen LogP contribution in [0.2, 0.25) is 0 Å². The molecule has 158 valence electrons. The van der Waals surface area contributed by atoms with Gasteiger partial charge in [0, 0.05) is 29.4 Å². The maximum absolute atomic E-state index is 12.8. The van der Waals surface area contributed by atoms with Crippen LogP contribution in [0.5, 0.6) is 0 Å². The zero-order valence-electron chi connectivity index (χ0n) is 18.4. The van der Waals surface area contributed by atoms with Gasteiger partial charge in [-0.15, -0.1) is 0 Å². The molecule has 2 aromatic heterocycles. The number of ether oxygens (including phenoxy) is 2. The van der Waals surface area contributed by atoms with E-state index in [1.165, 1.54) is 0 Å². The van der Waals surface area contributed by atoms with Crippen LogP contribution in [0.25, 0.3) is 10.9 Å². The Kier molecular flexibility index (Phi) is 6.37. The summed E-state index contributed by atoms with van der Waals surface area (Å²) in [5, 5.41) is 0.900. The Hall–Kier alpha value is -2.99. The summed E-state index contributed by atoms with van der Waals surface area (Å²) in [4.78, 5) is 30.1. The molecule has 2 heterocycles. The Bertz CT molecular complexity index is 1110. The fourth-order valence-electron chi connectivity index (χ4n) is 4.17. The SMILES string of the molecule is COC[C@@H](C)n1c(C)cc(C(=O)COC(=O)c2c(C)nc3ccccc3c2C)c1C. The molecule has 6 nitrogen and oxygen atoms in total. The first-order valence-corrected chi connectivity index (χ1v) is 9.99. The maximum Gasteiger partial charge on any atom is 0.340 e. The molecular formula is C24H28N2O4. The summed E-state index contributed by atoms with van der Waals surface area (Å²) < 4.78 is 12.7. The number of carbonyl (C=O) groups excluding carboxylic acids is 2. The molecular weight excluding hydrogens is 380 g/mol. The van der Waals surface area contributed by atoms with Crippen LogP contribution in [-0.4, -0.2) is 41.6 Å². The van der Waals surface area contributed by atoms with Gasteiger partial charge in [-0.2, -0.15) is 0 Å². The van der Waals surface area contributed by atoms with E-state index >= 15 is 0 Å². The average Bonchev–Trinajstić information content (AvgIpc) is 3.00. The summed E-state index contributed by atoms with van der Waals surface area (Å²) in [6.07, 6.45) is 0. The molecule has 1 atom stereocenters. The summed E-state index contributed by atoms with van der Waals surface area (Å²) in [6.45, 7) is 9.78. The fraction of sp³-hybridized carbons (Fsp3) is 0.375. The average molecular weight is 408 g/mol. The molecule has 0 radical (unpaired) electrons. The van der Waals surface area contributed by atoms with Crippen molar-refractivity contribution in [1.82, 2.24) is 9.55 Å². The second-order valence-electron chi connectivity index (χ2n) is 7.67. The third-order valence-corrected chi connectivity index (χ3v) is 5.50. The van der Waals surface area contributed by atoms with E-state index in [9.17, 15) is 9.59 Å². The van der Waals surface area contributed by atoms with E-state index in [0.717, 1.165) is 27.9 Å². The van der Waals surface area contributed by atoms with Gasteiger partial charge in [0.2, 0.25) is 5.78 Å². The summed E-state index contributed by atoms with van der Waals surface area (Å²) in [5.41, 5.74) is 5.03. The van der Waals surface area contributed by atoms with Crippen molar-refractivity contribution < 1.29 is 19.1 Å². The Balaban J connectivity index is 1.80. The molecule has 0 aliphatic rings. The van der Waals surface area contributed by atoms with Gasteiger partial charge in [0.15, 0.2) is 6.61 Å². The lowest BCUT2D eigenvalue weighted by Gasteiger charge is -2.17. The van der Waals surface area contributed by atoms with Gasteiger partial charge in [0.05, 0.1) is 29.4 Å². The smallest absolute Gasteiger partial charge is 0.340 e. The van der Waals surface area contributed by atoms with Crippen LogP contribution in [0.15, 0.2) is 30.3 Å². The van der Waals surface area contributed by atoms with Crippen molar-refractivity contribution in [2.24, 2.45) is 0 Å². The van der Waals surface area contributed by atoms with Gasteiger partial charge in [0.25, 0.3) is 0 Å². The van der Waals surface area contributed by atoms with Crippen LogP contribution in [0, 0.1) is 27.7 Å². The number of aromatic nitrogens is 2. The largest absolute Gasteiger partial charge is 0.454 e. The van der Waals surface area contributed by atoms with Crippen LogP contribution in [0.1, 0.15) is 56.3 Å². The van der Waals surface area contributed by atoms with Crippen LogP contribution in [0.3, 0.4) is 0 Å². The third kappa shape index (κ3) is 4.00. The fourth-order valence-corrected chi connectivity index (χ4v) is 4.17. The molecule has 0 unspecified atom stereocenters. The first-order chi connectivity index (χ1) is 14.3. The van der Waals surface area contributed by atoms with Crippen molar-refractivity contribution in [3.8, 4) is 0 Å². The maximum atomic E-state index is 12.8. The number of hydrogen-bond donors (Lipinski definition) is 0. The molecule has 3 aromatic rings. The first kappa shape index (κ1) is 21.7. The lowest BCUT2D eigenvalue weighted by molar-refractivity contribution is 0.0472. The van der Waals surface area contributed by atoms with Crippen molar-refractivity contribution in [1.29, 1.82) is 0 Å². The summed E-state index contributed by atoms with van der Waals surface area (Å²) in [7, 11) is 1.65. The topological polar surface area (TPSA) is 70.4 Å². The van der Waals surface area contributed by atoms with E-state index in [-0.39, 0.29) is 18.4 Å². The number of para-hydroxylation sites is 1. The summed E-state index contributed by atoms with van der Waals surface area (Å²) >= 11 is 0. The highest BCUT2D eigenvalue weighted by Gasteiger charge is 2.22. The lowest BCUT2D eigenvalue weighted by Crippen LogP contribution is -2.18. The normalized spacial score (nSPS) is 12.2. The van der Waals surface area contributed by atoms with Crippen LogP contribution in [-0.2, 0) is 9.47 Å². The van der Waals surface area contributed by atoms with Gasteiger partial charge >= 0.3 is 5.97 Å². The number of ketones is 1. The van der Waals surface area contributed by atoms with Crippen LogP contribution >= 0.6 is 0 Å². The monoisotopic (exact) mass is 408 g/mol. The van der Waals surface area contributed by atoms with Gasteiger partial charge in [-0.1, -0.05) is 18.2 Å². The predicted octanol–water partition coefficient (Wildman–Crippen LogP) is 4.52. The van der Waals surface area contributed by atoms with Gasteiger partial charge in [0.1, 0.15) is 0 Å². The minimum Gasteiger partial charge on any atom is -0.454 e. The van der Waals surface area contributed by atoms with E-state index in [2.05, 4.69) is 9.55 Å². The molecule has 30 heavy (non-hydrogen) atoms. The minimum atomic E-state index is -0.529. The number of nitrogens with zero attached hydrogens (tertiary/aromatic N) is 2. The Morgan fingerprint density at radius 3 is 2.53 bits per heavy atom. The molecule has 0 spiro atoms. The highest BCUT2D eigenvalue weighted by Crippen LogP contribution is 2.24. The molecule has 1 aromatic carbocycles. The Morgan fingerprint density at radius 1 is 1.13 bits per heavy atom. The predicted molar refractivity (Wildman–Crippen MR) is 116 cm³/mol. The standard InChI is InChI=1S/C24H28N2O4/c1-14-11-20(18(5)26(14)15(2)12-29-6)22(27)13-30-24(28)23-16(3)19-9-7-8-10-21(19)25-17(23)4/h7-11,15H,12-13H2,1-6H3/t15-/m1/s1. The second kappa shape index (κ2) is 8.79. The van der Waals surface area contributed by atoms with E-state index < -0.39 is 5.97 Å². The van der Waals surface area contributed by atoms with Gasteiger partial charge in [-0.3, -0.25) is 9.78 Å². The van der Waals surface area contributed by atoms with Gasteiger partial charge in [-0.25, -0.2) is 4.79 Å². The van der Waals surface area contributed by atoms with Gasteiger partial charge in [-0.05, 0) is 52.3 Å². The Morgan fingerprint density at radius 2 is 1.83 bits per heavy atom. The van der Waals surface area contributed by atoms with Crippen molar-refractivity contribution in [2.75, 3.05) is 20.3 Å². The Labute approximate surface area is 176 Å². The number of benzene rings is 1. The number of hydrogen-bond acceptors (Lipinski definition) is 5. The van der Waals surface area contributed by atoms with E-state index in [4.69, 9.17) is 9.47 Å². The van der Waals surface area contributed by atoms with Gasteiger partial charge < -0.3 is 14.0 Å². The molecule has 0 saturated heterocycles. The molecule has 6 heteroatoms. The number of esters is 1. The number of Topliss-reactive ketones (excluding diaryl/α,β-unsaturated/α-hetero) is 1. The highest BCUT2D eigenvalue weighted by molar-refractivity contribution is 6.02. The van der Waals surface area contributed by atoms with E-state index in [0.29, 0.717) is 23.4 Å². The molecule has 0 fully saturated rings. The number of rotatable bonds is 7. The van der Waals surface area contributed by atoms with Crippen molar-refractivity contribution in [3.05, 3.63) is 64.1 Å². The zero-order valence-corrected chi connectivity index (χ0v) is 18.4. The minimum absolute atomic E-state index is 0.105. The quantitative estimate of drug-likeness (QED) is 0.425. The molecule has 3 rings (SSSR count). The molecule has 0 aliphatic heterocycles. The van der Waals surface area contributed by atoms with Crippen molar-refractivity contribution in [2.45, 2.75) is 40.7 Å². The highest BCUT2D eigenvalue weighted by atomic mass is 16.5. The number of fused-ring (bicyclic) bond motifs is 1. The lowest BCUT2D eigenvalue weighted by atomic mass is 10.0. The first-order valence-electron chi connectivity index (χ1n) is 9.99. The number of methoxy groups -OCH3 is 1. The second-order valence-corrected chi connectivity index (χ2v) is 7.67. The van der Waals surface area contributed by atoms with Crippen LogP contribution in [0.4, 0.5) is 0 Å². The number of pyridine rings is 1. The third-order valence-electron chi connectivity index (χ3n) is 5.50. The summed E-state index contributed by atoms with van der Waals surface area (Å²) in [5.74, 6) is -0.755. The zero-order chi connectivity index (χ0) is 22.0. The van der Waals surface area contributed by atoms with Crippen molar-refractivity contribution in [3.63, 3.8) is 0 Å². The van der Waals surface area contributed by atoms with E-state index in [1.54, 1.807) is 14.0 Å². The van der Waals surface area contributed by atoms with E-state index in [1.807, 2.05) is 58.0 Å². The number of aryl methyl sites for hydroxylation is 3. The number of carbonyl (C=O) groups is 2. The molecule has 0 saturated carbocycles. The molecule has 0 aliphatic carbocycles. The molecule has 0 bridgehead atoms. The van der Waals surface area contributed by atoms with Crippen molar-refractivity contribution >= 4 is 22.7 Å². The molecule has 0 N–H and O–H groups in total. The van der Waals surface area contributed by atoms with Crippen LogP contribution < -0.4 is 0 Å². The summed E-state index contributed by atoms with van der Waals surface area (Å²) in [6, 6.07) is 9.60.